The van der Waals surface area contributed by atoms with Gasteiger partial charge in [0.25, 0.3) is 0 Å². The Balaban J connectivity index is 2.33. The van der Waals surface area contributed by atoms with Gasteiger partial charge in [-0.2, -0.15) is 5.26 Å². The molecule has 20 heavy (non-hydrogen) atoms. The quantitative estimate of drug-likeness (QED) is 0.695. The second kappa shape index (κ2) is 5.72. The third-order valence-corrected chi connectivity index (χ3v) is 3.16. The third-order valence-electron chi connectivity index (χ3n) is 2.83. The van der Waals surface area contributed by atoms with Crippen molar-refractivity contribution < 1.29 is 9.18 Å². The number of carbonyl (C=O) groups excluding carboxylic acids is 1. The summed E-state index contributed by atoms with van der Waals surface area (Å²) in [6, 6.07) is 10.2. The molecule has 5 heteroatoms. The van der Waals surface area contributed by atoms with Gasteiger partial charge in [0.05, 0.1) is 16.7 Å². The maximum absolute atomic E-state index is 13.0. The van der Waals surface area contributed by atoms with Gasteiger partial charge in [-0.25, -0.2) is 4.39 Å². The molecule has 0 heterocycles. The number of nitriles is 1. The fraction of sp³-hybridized carbons (Fsp3) is 0.0667. The van der Waals surface area contributed by atoms with Gasteiger partial charge in [-0.15, -0.1) is 0 Å². The summed E-state index contributed by atoms with van der Waals surface area (Å²) < 4.78 is 13.0. The molecule has 0 amide bonds. The molecule has 0 atom stereocenters. The zero-order chi connectivity index (χ0) is 14.7. The van der Waals surface area contributed by atoms with Gasteiger partial charge in [-0.1, -0.05) is 17.7 Å². The molecule has 2 rings (SSSR count). The number of rotatable bonds is 3. The molecule has 0 saturated carbocycles. The molecule has 0 spiro atoms. The summed E-state index contributed by atoms with van der Waals surface area (Å²) in [6.45, 7) is 0. The van der Waals surface area contributed by atoms with Crippen molar-refractivity contribution in [3.8, 4) is 6.07 Å². The minimum absolute atomic E-state index is 0.0354. The number of benzene rings is 2. The predicted molar refractivity (Wildman–Crippen MR) is 75.0 cm³/mol. The molecular formula is C15H10ClFN2O. The molecule has 3 nitrogen and oxygen atoms in total. The third kappa shape index (κ3) is 2.95. The van der Waals surface area contributed by atoms with Crippen LogP contribution in [0.3, 0.4) is 0 Å². The number of Topliss-reactive ketones (excluding diaryl/α,β-unsaturated/α-hetero) is 1. The molecule has 0 aliphatic heterocycles. The van der Waals surface area contributed by atoms with E-state index >= 15 is 0 Å². The predicted octanol–water partition coefficient (Wildman–Crippen LogP) is 3.36. The minimum atomic E-state index is -0.514. The number of ketones is 1. The fourth-order valence-corrected chi connectivity index (χ4v) is 2.05. The van der Waals surface area contributed by atoms with Gasteiger partial charge in [0.15, 0.2) is 5.78 Å². The average molecular weight is 289 g/mol. The normalized spacial score (nSPS) is 10.1. The molecule has 0 aromatic heterocycles. The van der Waals surface area contributed by atoms with E-state index in [1.807, 2.05) is 6.07 Å². The van der Waals surface area contributed by atoms with Crippen LogP contribution in [0.15, 0.2) is 36.4 Å². The topological polar surface area (TPSA) is 66.9 Å². The Labute approximate surface area is 120 Å². The summed E-state index contributed by atoms with van der Waals surface area (Å²) >= 11 is 5.95. The molecule has 2 aromatic carbocycles. The van der Waals surface area contributed by atoms with E-state index in [4.69, 9.17) is 22.6 Å². The number of nitrogens with zero attached hydrogens (tertiary/aromatic N) is 1. The van der Waals surface area contributed by atoms with Crippen LogP contribution in [0.4, 0.5) is 10.1 Å². The zero-order valence-corrected chi connectivity index (χ0v) is 11.1. The van der Waals surface area contributed by atoms with Gasteiger partial charge in [-0.3, -0.25) is 4.79 Å². The highest BCUT2D eigenvalue weighted by Gasteiger charge is 2.14. The van der Waals surface area contributed by atoms with E-state index < -0.39 is 5.82 Å². The van der Waals surface area contributed by atoms with Gasteiger partial charge >= 0.3 is 0 Å². The van der Waals surface area contributed by atoms with Gasteiger partial charge in [-0.05, 0) is 35.9 Å². The second-order valence-corrected chi connectivity index (χ2v) is 4.66. The number of hydrogen-bond donors (Lipinski definition) is 1. The van der Waals surface area contributed by atoms with Gasteiger partial charge in [0.1, 0.15) is 5.82 Å². The average Bonchev–Trinajstić information content (AvgIpc) is 2.43. The lowest BCUT2D eigenvalue weighted by molar-refractivity contribution is 0.0993. The summed E-state index contributed by atoms with van der Waals surface area (Å²) in [4.78, 5) is 12.2. The van der Waals surface area contributed by atoms with E-state index in [0.717, 1.165) is 6.07 Å². The van der Waals surface area contributed by atoms with E-state index in [0.29, 0.717) is 21.8 Å². The molecule has 0 aliphatic rings. The monoisotopic (exact) mass is 288 g/mol. The van der Waals surface area contributed by atoms with Crippen LogP contribution in [0, 0.1) is 17.1 Å². The molecule has 100 valence electrons. The number of hydrogen-bond acceptors (Lipinski definition) is 3. The number of carbonyl (C=O) groups is 1. The van der Waals surface area contributed by atoms with Crippen LogP contribution in [0.1, 0.15) is 21.5 Å². The lowest BCUT2D eigenvalue weighted by Gasteiger charge is -2.06. The van der Waals surface area contributed by atoms with Gasteiger partial charge in [0, 0.05) is 17.7 Å². The Bertz CT molecular complexity index is 722. The number of nitrogen functional groups attached to an aromatic ring is 1. The van der Waals surface area contributed by atoms with E-state index in [1.54, 1.807) is 12.1 Å². The number of nitrogens with two attached hydrogens (primary N) is 1. The van der Waals surface area contributed by atoms with Gasteiger partial charge in [0.2, 0.25) is 0 Å². The highest BCUT2D eigenvalue weighted by atomic mass is 35.5. The van der Waals surface area contributed by atoms with E-state index in [2.05, 4.69) is 0 Å². The van der Waals surface area contributed by atoms with Crippen molar-refractivity contribution >= 4 is 23.1 Å². The molecule has 2 N–H and O–H groups in total. The van der Waals surface area contributed by atoms with Crippen molar-refractivity contribution in [2.75, 3.05) is 5.73 Å². The zero-order valence-electron chi connectivity index (χ0n) is 10.4. The first-order valence-electron chi connectivity index (χ1n) is 5.78. The van der Waals surface area contributed by atoms with Crippen molar-refractivity contribution in [2.24, 2.45) is 0 Å². The SMILES string of the molecule is N#Cc1cc(F)ccc1CC(=O)c1cc(N)ccc1Cl. The van der Waals surface area contributed by atoms with E-state index in [1.165, 1.54) is 18.2 Å². The molecule has 0 bridgehead atoms. The van der Waals surface area contributed by atoms with Crippen molar-refractivity contribution in [3.05, 3.63) is 63.9 Å². The molecule has 0 radical (unpaired) electrons. The largest absolute Gasteiger partial charge is 0.399 e. The summed E-state index contributed by atoms with van der Waals surface area (Å²) in [5.41, 5.74) is 6.93. The minimum Gasteiger partial charge on any atom is -0.399 e. The Morgan fingerprint density at radius 1 is 1.30 bits per heavy atom. The van der Waals surface area contributed by atoms with Crippen molar-refractivity contribution in [3.63, 3.8) is 0 Å². The lowest BCUT2D eigenvalue weighted by atomic mass is 9.99. The first-order valence-corrected chi connectivity index (χ1v) is 6.16. The fourth-order valence-electron chi connectivity index (χ4n) is 1.83. The van der Waals surface area contributed by atoms with Crippen molar-refractivity contribution in [1.82, 2.24) is 0 Å². The van der Waals surface area contributed by atoms with Crippen LogP contribution in [-0.4, -0.2) is 5.78 Å². The molecule has 0 aliphatic carbocycles. The molecule has 0 unspecified atom stereocenters. The van der Waals surface area contributed by atoms with Crippen LogP contribution >= 0.6 is 11.6 Å². The summed E-state index contributed by atoms with van der Waals surface area (Å²) in [6.07, 6.45) is -0.0354. The van der Waals surface area contributed by atoms with E-state index in [9.17, 15) is 9.18 Å². The molecule has 0 saturated heterocycles. The summed E-state index contributed by atoms with van der Waals surface area (Å²) in [7, 11) is 0. The molecule has 0 fully saturated rings. The Morgan fingerprint density at radius 3 is 2.75 bits per heavy atom. The first-order chi connectivity index (χ1) is 9.51. The van der Waals surface area contributed by atoms with Crippen LogP contribution in [0.5, 0.6) is 0 Å². The van der Waals surface area contributed by atoms with Crippen molar-refractivity contribution in [2.45, 2.75) is 6.42 Å². The Hall–Kier alpha value is -2.38. The van der Waals surface area contributed by atoms with Crippen molar-refractivity contribution in [1.29, 1.82) is 5.26 Å². The van der Waals surface area contributed by atoms with Crippen LogP contribution < -0.4 is 5.73 Å². The Kier molecular flexibility index (Phi) is 4.02. The van der Waals surface area contributed by atoms with Crippen LogP contribution in [0.2, 0.25) is 5.02 Å². The molecular weight excluding hydrogens is 279 g/mol. The van der Waals surface area contributed by atoms with E-state index in [-0.39, 0.29) is 17.8 Å². The highest BCUT2D eigenvalue weighted by molar-refractivity contribution is 6.34. The number of halogens is 2. The highest BCUT2D eigenvalue weighted by Crippen LogP contribution is 2.22. The lowest BCUT2D eigenvalue weighted by Crippen LogP contribution is -2.07. The smallest absolute Gasteiger partial charge is 0.168 e. The summed E-state index contributed by atoms with van der Waals surface area (Å²) in [5.74, 6) is -0.787. The van der Waals surface area contributed by atoms with Crippen LogP contribution in [0.25, 0.3) is 0 Å². The maximum atomic E-state index is 13.0. The standard InChI is InChI=1S/C15H10ClFN2O/c16-14-4-3-12(19)7-13(14)15(20)6-9-1-2-11(17)5-10(9)8-18/h1-5,7H,6,19H2. The van der Waals surface area contributed by atoms with Crippen LogP contribution in [-0.2, 0) is 6.42 Å². The molecule has 2 aromatic rings. The number of anilines is 1. The van der Waals surface area contributed by atoms with Gasteiger partial charge < -0.3 is 5.73 Å². The maximum Gasteiger partial charge on any atom is 0.168 e. The Morgan fingerprint density at radius 2 is 2.05 bits per heavy atom. The summed E-state index contributed by atoms with van der Waals surface area (Å²) in [5, 5.41) is 9.25. The first kappa shape index (κ1) is 14.0. The second-order valence-electron chi connectivity index (χ2n) is 4.25.